The summed E-state index contributed by atoms with van der Waals surface area (Å²) in [6, 6.07) is 6.32. The number of fused-ring (bicyclic) bond motifs is 1. The molecule has 2 N–H and O–H groups in total. The molecule has 0 spiro atoms. The summed E-state index contributed by atoms with van der Waals surface area (Å²) in [5.41, 5.74) is 3.44. The molecule has 1 heterocycles. The third-order valence-corrected chi connectivity index (χ3v) is 2.37. The summed E-state index contributed by atoms with van der Waals surface area (Å²) in [6.07, 6.45) is 1.73. The molecule has 80 valence electrons. The summed E-state index contributed by atoms with van der Waals surface area (Å²) in [4.78, 5) is 7.31. The molecule has 3 heteroatoms. The molecule has 0 aliphatic carbocycles. The Bertz CT molecular complexity index is 431. The molecule has 0 radical (unpaired) electrons. The number of nitrogens with one attached hydrogen (secondary N) is 2. The van der Waals surface area contributed by atoms with E-state index in [-0.39, 0.29) is 0 Å². The van der Waals surface area contributed by atoms with Gasteiger partial charge in [0.25, 0.3) is 0 Å². The SMILES string of the molecule is CC(C)CNCc1ccc2nc[nH]c2c1. The van der Waals surface area contributed by atoms with Crippen molar-refractivity contribution in [2.24, 2.45) is 5.92 Å². The zero-order valence-electron chi connectivity index (χ0n) is 9.25. The molecule has 1 aromatic heterocycles. The van der Waals surface area contributed by atoms with Crippen molar-refractivity contribution < 1.29 is 0 Å². The topological polar surface area (TPSA) is 40.7 Å². The van der Waals surface area contributed by atoms with Crippen molar-refractivity contribution in [3.05, 3.63) is 30.1 Å². The van der Waals surface area contributed by atoms with E-state index in [1.54, 1.807) is 6.33 Å². The Morgan fingerprint density at radius 2 is 2.27 bits per heavy atom. The van der Waals surface area contributed by atoms with Crippen LogP contribution >= 0.6 is 0 Å². The van der Waals surface area contributed by atoms with E-state index >= 15 is 0 Å². The summed E-state index contributed by atoms with van der Waals surface area (Å²) in [7, 11) is 0. The Hall–Kier alpha value is -1.35. The fourth-order valence-corrected chi connectivity index (χ4v) is 1.60. The fraction of sp³-hybridized carbons (Fsp3) is 0.417. The first-order valence-electron chi connectivity index (χ1n) is 5.38. The van der Waals surface area contributed by atoms with Crippen molar-refractivity contribution >= 4 is 11.0 Å². The van der Waals surface area contributed by atoms with E-state index in [0.717, 1.165) is 24.1 Å². The second kappa shape index (κ2) is 4.45. The van der Waals surface area contributed by atoms with E-state index in [9.17, 15) is 0 Å². The maximum absolute atomic E-state index is 4.19. The Kier molecular flexibility index (Phi) is 3.02. The molecule has 0 bridgehead atoms. The van der Waals surface area contributed by atoms with E-state index in [1.165, 1.54) is 5.56 Å². The minimum absolute atomic E-state index is 0.695. The van der Waals surface area contributed by atoms with Crippen molar-refractivity contribution in [1.29, 1.82) is 0 Å². The summed E-state index contributed by atoms with van der Waals surface area (Å²) in [6.45, 7) is 6.41. The smallest absolute Gasteiger partial charge is 0.0931 e. The molecular formula is C12H17N3. The highest BCUT2D eigenvalue weighted by molar-refractivity contribution is 5.74. The second-order valence-electron chi connectivity index (χ2n) is 4.28. The van der Waals surface area contributed by atoms with Gasteiger partial charge in [0.1, 0.15) is 0 Å². The van der Waals surface area contributed by atoms with Crippen molar-refractivity contribution in [2.75, 3.05) is 6.54 Å². The molecule has 2 aromatic rings. The first-order chi connectivity index (χ1) is 7.25. The molecule has 15 heavy (non-hydrogen) atoms. The molecule has 0 saturated heterocycles. The van der Waals surface area contributed by atoms with Gasteiger partial charge in [-0.3, -0.25) is 0 Å². The van der Waals surface area contributed by atoms with Crippen LogP contribution in [0.1, 0.15) is 19.4 Å². The first-order valence-corrected chi connectivity index (χ1v) is 5.38. The molecule has 0 saturated carbocycles. The molecular weight excluding hydrogens is 186 g/mol. The molecule has 0 aliphatic rings. The van der Waals surface area contributed by atoms with Gasteiger partial charge in [0.2, 0.25) is 0 Å². The normalized spacial score (nSPS) is 11.4. The van der Waals surface area contributed by atoms with Gasteiger partial charge in [-0.15, -0.1) is 0 Å². The average molecular weight is 203 g/mol. The lowest BCUT2D eigenvalue weighted by molar-refractivity contribution is 0.552. The number of hydrogen-bond acceptors (Lipinski definition) is 2. The molecule has 0 fully saturated rings. The highest BCUT2D eigenvalue weighted by atomic mass is 14.9. The van der Waals surface area contributed by atoms with Gasteiger partial charge in [-0.2, -0.15) is 0 Å². The average Bonchev–Trinajstić information content (AvgIpc) is 2.64. The highest BCUT2D eigenvalue weighted by Gasteiger charge is 1.98. The van der Waals surface area contributed by atoms with Crippen LogP contribution in [-0.2, 0) is 6.54 Å². The second-order valence-corrected chi connectivity index (χ2v) is 4.28. The molecule has 0 atom stereocenters. The Morgan fingerprint density at radius 3 is 3.07 bits per heavy atom. The van der Waals surface area contributed by atoms with E-state index in [4.69, 9.17) is 0 Å². The van der Waals surface area contributed by atoms with Gasteiger partial charge in [0, 0.05) is 6.54 Å². The molecule has 0 unspecified atom stereocenters. The van der Waals surface area contributed by atoms with Crippen LogP contribution in [0.3, 0.4) is 0 Å². The molecule has 3 nitrogen and oxygen atoms in total. The van der Waals surface area contributed by atoms with Gasteiger partial charge in [0.15, 0.2) is 0 Å². The predicted octanol–water partition coefficient (Wildman–Crippen LogP) is 2.31. The van der Waals surface area contributed by atoms with Crippen molar-refractivity contribution in [3.8, 4) is 0 Å². The van der Waals surface area contributed by atoms with E-state index in [2.05, 4.69) is 47.3 Å². The molecule has 1 aromatic carbocycles. The number of rotatable bonds is 4. The van der Waals surface area contributed by atoms with Gasteiger partial charge < -0.3 is 10.3 Å². The molecule has 0 aliphatic heterocycles. The van der Waals surface area contributed by atoms with Crippen LogP contribution in [0.15, 0.2) is 24.5 Å². The van der Waals surface area contributed by atoms with Crippen LogP contribution in [0.2, 0.25) is 0 Å². The van der Waals surface area contributed by atoms with Crippen molar-refractivity contribution in [3.63, 3.8) is 0 Å². The number of imidazole rings is 1. The van der Waals surface area contributed by atoms with E-state index in [1.807, 2.05) is 0 Å². The van der Waals surface area contributed by atoms with Gasteiger partial charge in [-0.25, -0.2) is 4.98 Å². The Morgan fingerprint density at radius 1 is 1.40 bits per heavy atom. The standard InChI is InChI=1S/C12H17N3/c1-9(2)6-13-7-10-3-4-11-12(5-10)15-8-14-11/h3-5,8-9,13H,6-7H2,1-2H3,(H,14,15). The largest absolute Gasteiger partial charge is 0.345 e. The predicted molar refractivity (Wildman–Crippen MR) is 62.6 cm³/mol. The zero-order chi connectivity index (χ0) is 10.7. The maximum atomic E-state index is 4.19. The molecule has 2 rings (SSSR count). The number of hydrogen-bond donors (Lipinski definition) is 2. The summed E-state index contributed by atoms with van der Waals surface area (Å²) in [5.74, 6) is 0.695. The van der Waals surface area contributed by atoms with Crippen LogP contribution in [0, 0.1) is 5.92 Å². The van der Waals surface area contributed by atoms with Crippen LogP contribution < -0.4 is 5.32 Å². The van der Waals surface area contributed by atoms with Gasteiger partial charge >= 0.3 is 0 Å². The summed E-state index contributed by atoms with van der Waals surface area (Å²) >= 11 is 0. The number of aromatic nitrogens is 2. The van der Waals surface area contributed by atoms with Crippen molar-refractivity contribution in [2.45, 2.75) is 20.4 Å². The monoisotopic (exact) mass is 203 g/mol. The third kappa shape index (κ3) is 2.57. The first kappa shape index (κ1) is 10.2. The van der Waals surface area contributed by atoms with Crippen molar-refractivity contribution in [1.82, 2.24) is 15.3 Å². The zero-order valence-corrected chi connectivity index (χ0v) is 9.25. The lowest BCUT2D eigenvalue weighted by atomic mass is 10.2. The van der Waals surface area contributed by atoms with Crippen LogP contribution in [0.5, 0.6) is 0 Å². The quantitative estimate of drug-likeness (QED) is 0.800. The van der Waals surface area contributed by atoms with E-state index < -0.39 is 0 Å². The minimum atomic E-state index is 0.695. The minimum Gasteiger partial charge on any atom is -0.345 e. The van der Waals surface area contributed by atoms with Crippen LogP contribution in [0.4, 0.5) is 0 Å². The van der Waals surface area contributed by atoms with Crippen LogP contribution in [-0.4, -0.2) is 16.5 Å². The lowest BCUT2D eigenvalue weighted by Crippen LogP contribution is -2.18. The van der Waals surface area contributed by atoms with E-state index in [0.29, 0.717) is 5.92 Å². The number of H-pyrrole nitrogens is 1. The summed E-state index contributed by atoms with van der Waals surface area (Å²) < 4.78 is 0. The Balaban J connectivity index is 2.02. The number of benzene rings is 1. The summed E-state index contributed by atoms with van der Waals surface area (Å²) in [5, 5.41) is 3.42. The molecule has 0 amide bonds. The number of aromatic amines is 1. The van der Waals surface area contributed by atoms with Gasteiger partial charge in [0.05, 0.1) is 17.4 Å². The van der Waals surface area contributed by atoms with Gasteiger partial charge in [-0.05, 0) is 30.2 Å². The third-order valence-electron chi connectivity index (χ3n) is 2.37. The fourth-order valence-electron chi connectivity index (χ4n) is 1.60. The van der Waals surface area contributed by atoms with Crippen LogP contribution in [0.25, 0.3) is 11.0 Å². The number of nitrogens with zero attached hydrogens (tertiary/aromatic N) is 1. The lowest BCUT2D eigenvalue weighted by Gasteiger charge is -2.07. The van der Waals surface area contributed by atoms with Gasteiger partial charge in [-0.1, -0.05) is 19.9 Å². The maximum Gasteiger partial charge on any atom is 0.0931 e. The highest BCUT2D eigenvalue weighted by Crippen LogP contribution is 2.11. The Labute approximate surface area is 89.9 Å².